The predicted octanol–water partition coefficient (Wildman–Crippen LogP) is 2.92. The monoisotopic (exact) mass is 359 g/mol. The van der Waals surface area contributed by atoms with E-state index < -0.39 is 0 Å². The first kappa shape index (κ1) is 16.0. The van der Waals surface area contributed by atoms with Crippen molar-refractivity contribution in [2.75, 3.05) is 19.7 Å². The van der Waals surface area contributed by atoms with E-state index in [1.165, 1.54) is 0 Å². The summed E-state index contributed by atoms with van der Waals surface area (Å²) in [5.41, 5.74) is 0. The zero-order valence-corrected chi connectivity index (χ0v) is 14.3. The van der Waals surface area contributed by atoms with E-state index in [2.05, 4.69) is 10.1 Å². The summed E-state index contributed by atoms with van der Waals surface area (Å²) in [5.74, 6) is 1.45. The SMILES string of the molecule is O=C(CCc1nc(-c2ccco2)no1)N1CCOC(c2cccs2)C1. The number of ether oxygens (including phenoxy) is 1. The van der Waals surface area contributed by atoms with Crippen molar-refractivity contribution in [2.45, 2.75) is 18.9 Å². The second-order valence-corrected chi connectivity index (χ2v) is 6.68. The van der Waals surface area contributed by atoms with Gasteiger partial charge in [0.25, 0.3) is 0 Å². The summed E-state index contributed by atoms with van der Waals surface area (Å²) in [4.78, 5) is 19.7. The molecule has 3 aromatic rings. The minimum Gasteiger partial charge on any atom is -0.461 e. The van der Waals surface area contributed by atoms with Crippen LogP contribution < -0.4 is 0 Å². The molecule has 7 nitrogen and oxygen atoms in total. The highest BCUT2D eigenvalue weighted by Crippen LogP contribution is 2.26. The summed E-state index contributed by atoms with van der Waals surface area (Å²) in [6.45, 7) is 1.75. The lowest BCUT2D eigenvalue weighted by Gasteiger charge is -2.32. The number of thiophene rings is 1. The molecular formula is C17H17N3O4S. The number of aryl methyl sites for hydroxylation is 1. The molecule has 4 rings (SSSR count). The fourth-order valence-corrected chi connectivity index (χ4v) is 3.52. The fourth-order valence-electron chi connectivity index (χ4n) is 2.76. The number of hydrogen-bond acceptors (Lipinski definition) is 7. The first-order valence-corrected chi connectivity index (χ1v) is 8.97. The Bertz CT molecular complexity index is 813. The van der Waals surface area contributed by atoms with Gasteiger partial charge < -0.3 is 18.6 Å². The average molecular weight is 359 g/mol. The maximum absolute atomic E-state index is 12.5. The van der Waals surface area contributed by atoms with Gasteiger partial charge in [0.15, 0.2) is 5.76 Å². The minimum atomic E-state index is -0.0355. The van der Waals surface area contributed by atoms with E-state index in [1.807, 2.05) is 22.4 Å². The number of furan rings is 1. The van der Waals surface area contributed by atoms with Crippen LogP contribution in [0.1, 0.15) is 23.3 Å². The third-order valence-electron chi connectivity index (χ3n) is 4.04. The molecule has 0 radical (unpaired) electrons. The lowest BCUT2D eigenvalue weighted by molar-refractivity contribution is -0.138. The number of amides is 1. The first-order chi connectivity index (χ1) is 12.3. The van der Waals surface area contributed by atoms with Gasteiger partial charge in [-0.1, -0.05) is 11.2 Å². The average Bonchev–Trinajstić information content (AvgIpc) is 3.42. The molecule has 0 aromatic carbocycles. The van der Waals surface area contributed by atoms with Crippen molar-refractivity contribution in [3.05, 3.63) is 46.7 Å². The van der Waals surface area contributed by atoms with E-state index in [0.29, 0.717) is 50.0 Å². The van der Waals surface area contributed by atoms with Crippen LogP contribution in [0.25, 0.3) is 11.6 Å². The summed E-state index contributed by atoms with van der Waals surface area (Å²) in [6, 6.07) is 7.56. The van der Waals surface area contributed by atoms with E-state index in [9.17, 15) is 4.79 Å². The van der Waals surface area contributed by atoms with Crippen LogP contribution in [0.4, 0.5) is 0 Å². The van der Waals surface area contributed by atoms with Crippen LogP contribution in [0.5, 0.6) is 0 Å². The number of aromatic nitrogens is 2. The van der Waals surface area contributed by atoms with Crippen molar-refractivity contribution in [3.8, 4) is 11.6 Å². The Hall–Kier alpha value is -2.45. The lowest BCUT2D eigenvalue weighted by atomic mass is 10.2. The predicted molar refractivity (Wildman–Crippen MR) is 89.9 cm³/mol. The third kappa shape index (κ3) is 3.64. The summed E-state index contributed by atoms with van der Waals surface area (Å²) < 4.78 is 16.2. The molecular weight excluding hydrogens is 342 g/mol. The number of morpholine rings is 1. The van der Waals surface area contributed by atoms with Crippen molar-refractivity contribution in [1.29, 1.82) is 0 Å². The van der Waals surface area contributed by atoms with Crippen LogP contribution in [0.2, 0.25) is 0 Å². The van der Waals surface area contributed by atoms with Gasteiger partial charge in [-0.2, -0.15) is 4.98 Å². The zero-order valence-electron chi connectivity index (χ0n) is 13.5. The molecule has 0 saturated carbocycles. The molecule has 0 bridgehead atoms. The van der Waals surface area contributed by atoms with E-state index in [4.69, 9.17) is 13.7 Å². The van der Waals surface area contributed by atoms with Crippen LogP contribution in [0.15, 0.2) is 44.8 Å². The fraction of sp³-hybridized carbons (Fsp3) is 0.353. The Morgan fingerprint density at radius 3 is 3.12 bits per heavy atom. The van der Waals surface area contributed by atoms with Crippen molar-refractivity contribution in [1.82, 2.24) is 15.0 Å². The van der Waals surface area contributed by atoms with Crippen molar-refractivity contribution >= 4 is 17.2 Å². The molecule has 1 aliphatic heterocycles. The normalized spacial score (nSPS) is 17.8. The molecule has 25 heavy (non-hydrogen) atoms. The Kier molecular flexibility index (Phi) is 4.62. The largest absolute Gasteiger partial charge is 0.461 e. The van der Waals surface area contributed by atoms with Gasteiger partial charge in [0.1, 0.15) is 6.10 Å². The smallest absolute Gasteiger partial charge is 0.238 e. The van der Waals surface area contributed by atoms with Crippen LogP contribution in [-0.4, -0.2) is 40.6 Å². The Morgan fingerprint density at radius 1 is 1.36 bits per heavy atom. The summed E-state index contributed by atoms with van der Waals surface area (Å²) in [6.07, 6.45) is 2.26. The maximum atomic E-state index is 12.5. The molecule has 1 unspecified atom stereocenters. The van der Waals surface area contributed by atoms with Gasteiger partial charge in [-0.3, -0.25) is 4.79 Å². The van der Waals surface area contributed by atoms with Crippen LogP contribution in [-0.2, 0) is 16.0 Å². The topological polar surface area (TPSA) is 81.6 Å². The van der Waals surface area contributed by atoms with Gasteiger partial charge in [0, 0.05) is 24.3 Å². The number of carbonyl (C=O) groups excluding carboxylic acids is 1. The molecule has 3 aromatic heterocycles. The lowest BCUT2D eigenvalue weighted by Crippen LogP contribution is -2.42. The van der Waals surface area contributed by atoms with Gasteiger partial charge in [-0.15, -0.1) is 11.3 Å². The molecule has 0 aliphatic carbocycles. The maximum Gasteiger partial charge on any atom is 0.238 e. The summed E-state index contributed by atoms with van der Waals surface area (Å²) >= 11 is 1.65. The first-order valence-electron chi connectivity index (χ1n) is 8.09. The molecule has 1 fully saturated rings. The Balaban J connectivity index is 1.33. The van der Waals surface area contributed by atoms with Crippen LogP contribution >= 0.6 is 11.3 Å². The molecule has 130 valence electrons. The Labute approximate surface area is 148 Å². The second-order valence-electron chi connectivity index (χ2n) is 5.70. The van der Waals surface area contributed by atoms with Gasteiger partial charge in [-0.05, 0) is 23.6 Å². The second kappa shape index (κ2) is 7.20. The standard InChI is InChI=1S/C17H17N3O4S/c21-16(20-7-9-23-13(11-20)14-4-2-10-25-14)6-5-15-18-17(19-24-15)12-3-1-8-22-12/h1-4,8,10,13H,5-7,9,11H2. The van der Waals surface area contributed by atoms with E-state index in [1.54, 1.807) is 29.7 Å². The van der Waals surface area contributed by atoms with Gasteiger partial charge in [0.05, 0.1) is 19.4 Å². The van der Waals surface area contributed by atoms with Gasteiger partial charge in [0.2, 0.25) is 17.6 Å². The number of carbonyl (C=O) groups is 1. The molecule has 1 amide bonds. The number of nitrogens with zero attached hydrogens (tertiary/aromatic N) is 3. The molecule has 1 aliphatic rings. The van der Waals surface area contributed by atoms with Crippen molar-refractivity contribution in [3.63, 3.8) is 0 Å². The van der Waals surface area contributed by atoms with Gasteiger partial charge in [-0.25, -0.2) is 0 Å². The van der Waals surface area contributed by atoms with E-state index in [0.717, 1.165) is 4.88 Å². The van der Waals surface area contributed by atoms with E-state index in [-0.39, 0.29) is 12.0 Å². The van der Waals surface area contributed by atoms with E-state index >= 15 is 0 Å². The molecule has 4 heterocycles. The van der Waals surface area contributed by atoms with Crippen molar-refractivity contribution in [2.24, 2.45) is 0 Å². The highest BCUT2D eigenvalue weighted by atomic mass is 32.1. The highest BCUT2D eigenvalue weighted by Gasteiger charge is 2.26. The molecule has 0 spiro atoms. The minimum absolute atomic E-state index is 0.0355. The Morgan fingerprint density at radius 2 is 2.32 bits per heavy atom. The highest BCUT2D eigenvalue weighted by molar-refractivity contribution is 7.10. The van der Waals surface area contributed by atoms with Crippen LogP contribution in [0.3, 0.4) is 0 Å². The summed E-state index contributed by atoms with van der Waals surface area (Å²) in [5, 5.41) is 5.89. The molecule has 1 saturated heterocycles. The quantitative estimate of drug-likeness (QED) is 0.697. The third-order valence-corrected chi connectivity index (χ3v) is 5.01. The number of hydrogen-bond donors (Lipinski definition) is 0. The zero-order chi connectivity index (χ0) is 17.1. The molecule has 8 heteroatoms. The van der Waals surface area contributed by atoms with Crippen molar-refractivity contribution < 1.29 is 18.5 Å². The van der Waals surface area contributed by atoms with Gasteiger partial charge >= 0.3 is 0 Å². The number of rotatable bonds is 5. The molecule has 0 N–H and O–H groups in total. The molecule has 1 atom stereocenters. The summed E-state index contributed by atoms with van der Waals surface area (Å²) in [7, 11) is 0. The van der Waals surface area contributed by atoms with Crippen LogP contribution in [0, 0.1) is 0 Å².